The van der Waals surface area contributed by atoms with Crippen LogP contribution < -0.4 is 5.14 Å². The largest absolute Gasteiger partial charge is 0.238 e. The lowest BCUT2D eigenvalue weighted by Crippen LogP contribution is -2.11. The number of hydrogen-bond donors (Lipinski definition) is 1. The van der Waals surface area contributed by atoms with Gasteiger partial charge in [-0.1, -0.05) is 38.1 Å². The molecule has 2 N–H and O–H groups in total. The Hall–Kier alpha value is -2.02. The van der Waals surface area contributed by atoms with Crippen LogP contribution in [-0.2, 0) is 10.0 Å². The van der Waals surface area contributed by atoms with Crippen molar-refractivity contribution in [2.24, 2.45) is 5.14 Å². The van der Waals surface area contributed by atoms with E-state index in [1.165, 1.54) is 29.1 Å². The summed E-state index contributed by atoms with van der Waals surface area (Å²) < 4.78 is 36.1. The molecule has 0 bridgehead atoms. The van der Waals surface area contributed by atoms with E-state index < -0.39 is 10.0 Å². The van der Waals surface area contributed by atoms with E-state index in [9.17, 15) is 12.8 Å². The number of thiophene rings is 1. The maximum absolute atomic E-state index is 13.3. The molecule has 130 valence electrons. The Bertz CT molecular complexity index is 989. The molecular formula is C19H18FNO2S2. The molecule has 1 aromatic heterocycles. The van der Waals surface area contributed by atoms with Gasteiger partial charge in [0, 0.05) is 15.3 Å². The molecule has 0 saturated heterocycles. The Kier molecular flexibility index (Phi) is 4.77. The predicted octanol–water partition coefficient (Wildman–Crippen LogP) is 4.99. The van der Waals surface area contributed by atoms with E-state index in [1.54, 1.807) is 35.6 Å². The molecule has 0 amide bonds. The first kappa shape index (κ1) is 17.8. The summed E-state index contributed by atoms with van der Waals surface area (Å²) in [6, 6.07) is 15.0. The van der Waals surface area contributed by atoms with Crippen molar-refractivity contribution < 1.29 is 12.8 Å². The zero-order valence-corrected chi connectivity index (χ0v) is 15.5. The Morgan fingerprint density at radius 1 is 0.960 bits per heavy atom. The summed E-state index contributed by atoms with van der Waals surface area (Å²) in [6.07, 6.45) is 0. The summed E-state index contributed by atoms with van der Waals surface area (Å²) in [4.78, 5) is 2.33. The fourth-order valence-electron chi connectivity index (χ4n) is 2.55. The van der Waals surface area contributed by atoms with Crippen molar-refractivity contribution in [2.45, 2.75) is 24.7 Å². The highest BCUT2D eigenvalue weighted by atomic mass is 32.2. The third-order valence-corrected chi connectivity index (χ3v) is 6.33. The summed E-state index contributed by atoms with van der Waals surface area (Å²) in [7, 11) is -3.72. The Morgan fingerprint density at radius 2 is 1.52 bits per heavy atom. The highest BCUT2D eigenvalue weighted by Crippen LogP contribution is 2.41. The number of nitrogens with two attached hydrogens (primary N) is 1. The van der Waals surface area contributed by atoms with Crippen LogP contribution in [0.1, 0.15) is 24.6 Å². The van der Waals surface area contributed by atoms with Crippen LogP contribution in [0, 0.1) is 5.82 Å². The number of primary sulfonamides is 1. The zero-order chi connectivity index (χ0) is 18.2. The van der Waals surface area contributed by atoms with E-state index in [2.05, 4.69) is 19.9 Å². The van der Waals surface area contributed by atoms with Gasteiger partial charge >= 0.3 is 0 Å². The standard InChI is InChI=1S/C19H18FNO2S2/c1-12(2)18-11-17(13-5-9-16(10-6-13)25(21,22)23)19(24-18)14-3-7-15(20)8-4-14/h3-12H,1-2H3,(H2,21,22,23). The van der Waals surface area contributed by atoms with Crippen molar-refractivity contribution in [3.8, 4) is 21.6 Å². The van der Waals surface area contributed by atoms with Gasteiger partial charge in [0.05, 0.1) is 4.90 Å². The summed E-state index contributed by atoms with van der Waals surface area (Å²) in [5.41, 5.74) is 2.83. The van der Waals surface area contributed by atoms with Gasteiger partial charge < -0.3 is 0 Å². The van der Waals surface area contributed by atoms with Crippen LogP contribution in [0.5, 0.6) is 0 Å². The van der Waals surface area contributed by atoms with E-state index in [0.717, 1.165) is 21.6 Å². The molecule has 0 radical (unpaired) electrons. The summed E-state index contributed by atoms with van der Waals surface area (Å²) in [5.74, 6) is 0.0880. The summed E-state index contributed by atoms with van der Waals surface area (Å²) in [5, 5.41) is 5.16. The molecule has 0 saturated carbocycles. The molecule has 6 heteroatoms. The van der Waals surface area contributed by atoms with Crippen LogP contribution in [0.25, 0.3) is 21.6 Å². The minimum atomic E-state index is -3.72. The zero-order valence-electron chi connectivity index (χ0n) is 13.9. The minimum absolute atomic E-state index is 0.0823. The lowest BCUT2D eigenvalue weighted by atomic mass is 10.0. The number of benzene rings is 2. The average Bonchev–Trinajstić information content (AvgIpc) is 3.00. The van der Waals surface area contributed by atoms with E-state index >= 15 is 0 Å². The second kappa shape index (κ2) is 6.71. The molecule has 0 unspecified atom stereocenters. The third kappa shape index (κ3) is 3.81. The lowest BCUT2D eigenvalue weighted by molar-refractivity contribution is 0.598. The van der Waals surface area contributed by atoms with E-state index in [-0.39, 0.29) is 10.7 Å². The van der Waals surface area contributed by atoms with Crippen LogP contribution >= 0.6 is 11.3 Å². The van der Waals surface area contributed by atoms with Gasteiger partial charge in [0.15, 0.2) is 0 Å². The second-order valence-corrected chi connectivity index (χ2v) is 8.77. The number of hydrogen-bond acceptors (Lipinski definition) is 3. The smallest absolute Gasteiger partial charge is 0.225 e. The maximum atomic E-state index is 13.3. The van der Waals surface area contributed by atoms with Gasteiger partial charge in [-0.05, 0) is 47.4 Å². The average molecular weight is 375 g/mol. The maximum Gasteiger partial charge on any atom is 0.238 e. The van der Waals surface area contributed by atoms with Crippen LogP contribution in [0.3, 0.4) is 0 Å². The van der Waals surface area contributed by atoms with Crippen LogP contribution in [0.4, 0.5) is 4.39 Å². The Labute approximate surface area is 151 Å². The highest BCUT2D eigenvalue weighted by Gasteiger charge is 2.16. The monoisotopic (exact) mass is 375 g/mol. The van der Waals surface area contributed by atoms with Crippen molar-refractivity contribution in [3.05, 3.63) is 65.3 Å². The summed E-state index contributed by atoms with van der Waals surface area (Å²) >= 11 is 1.67. The van der Waals surface area contributed by atoms with E-state index in [1.807, 2.05) is 0 Å². The van der Waals surface area contributed by atoms with Crippen molar-refractivity contribution >= 4 is 21.4 Å². The number of rotatable bonds is 4. The van der Waals surface area contributed by atoms with Crippen molar-refractivity contribution in [2.75, 3.05) is 0 Å². The van der Waals surface area contributed by atoms with Gasteiger partial charge in [-0.2, -0.15) is 0 Å². The fraction of sp³-hybridized carbons (Fsp3) is 0.158. The normalized spacial score (nSPS) is 11.9. The topological polar surface area (TPSA) is 60.2 Å². The molecule has 3 nitrogen and oxygen atoms in total. The SMILES string of the molecule is CC(C)c1cc(-c2ccc(S(N)(=O)=O)cc2)c(-c2ccc(F)cc2)s1. The summed E-state index contributed by atoms with van der Waals surface area (Å²) in [6.45, 7) is 4.24. The lowest BCUT2D eigenvalue weighted by Gasteiger charge is -2.06. The van der Waals surface area contributed by atoms with Gasteiger partial charge in [-0.25, -0.2) is 17.9 Å². The number of sulfonamides is 1. The molecule has 0 aliphatic rings. The van der Waals surface area contributed by atoms with Crippen molar-refractivity contribution in [1.29, 1.82) is 0 Å². The first-order valence-corrected chi connectivity index (χ1v) is 10.1. The van der Waals surface area contributed by atoms with Gasteiger partial charge in [-0.15, -0.1) is 11.3 Å². The molecule has 0 atom stereocenters. The van der Waals surface area contributed by atoms with E-state index in [4.69, 9.17) is 5.14 Å². The molecule has 3 aromatic rings. The molecule has 2 aromatic carbocycles. The minimum Gasteiger partial charge on any atom is -0.225 e. The van der Waals surface area contributed by atoms with Gasteiger partial charge in [-0.3, -0.25) is 0 Å². The van der Waals surface area contributed by atoms with Gasteiger partial charge in [0.2, 0.25) is 10.0 Å². The first-order valence-electron chi connectivity index (χ1n) is 7.78. The first-order chi connectivity index (χ1) is 11.8. The molecule has 1 heterocycles. The predicted molar refractivity (Wildman–Crippen MR) is 101 cm³/mol. The van der Waals surface area contributed by atoms with Gasteiger partial charge in [0.1, 0.15) is 5.82 Å². The molecule has 0 aliphatic carbocycles. The molecule has 0 aliphatic heterocycles. The molecule has 0 fully saturated rings. The molecule has 0 spiro atoms. The molecule has 25 heavy (non-hydrogen) atoms. The van der Waals surface area contributed by atoms with Gasteiger partial charge in [0.25, 0.3) is 0 Å². The second-order valence-electron chi connectivity index (χ2n) is 6.12. The highest BCUT2D eigenvalue weighted by molar-refractivity contribution is 7.89. The van der Waals surface area contributed by atoms with Crippen LogP contribution in [0.2, 0.25) is 0 Å². The van der Waals surface area contributed by atoms with Crippen LogP contribution in [-0.4, -0.2) is 8.42 Å². The molecular weight excluding hydrogens is 357 g/mol. The number of halogens is 1. The Morgan fingerprint density at radius 3 is 2.04 bits per heavy atom. The van der Waals surface area contributed by atoms with Crippen molar-refractivity contribution in [3.63, 3.8) is 0 Å². The fourth-order valence-corrected chi connectivity index (χ4v) is 4.25. The Balaban J connectivity index is 2.13. The van der Waals surface area contributed by atoms with Crippen molar-refractivity contribution in [1.82, 2.24) is 0 Å². The van der Waals surface area contributed by atoms with Crippen LogP contribution in [0.15, 0.2) is 59.5 Å². The molecule has 3 rings (SSSR count). The third-order valence-electron chi connectivity index (χ3n) is 3.92. The quantitative estimate of drug-likeness (QED) is 0.698. The van der Waals surface area contributed by atoms with E-state index in [0.29, 0.717) is 5.92 Å².